The minimum absolute atomic E-state index is 0.0858. The molecule has 1 unspecified atom stereocenters. The van der Waals surface area contributed by atoms with Crippen molar-refractivity contribution in [2.24, 2.45) is 5.73 Å². The third-order valence-electron chi connectivity index (χ3n) is 2.61. The number of nitrogens with zero attached hydrogens (tertiary/aromatic N) is 2. The van der Waals surface area contributed by atoms with Gasteiger partial charge < -0.3 is 10.6 Å². The highest BCUT2D eigenvalue weighted by Crippen LogP contribution is 2.24. The van der Waals surface area contributed by atoms with Crippen molar-refractivity contribution in [3.63, 3.8) is 0 Å². The number of alkyl halides is 1. The van der Waals surface area contributed by atoms with E-state index in [2.05, 4.69) is 4.98 Å². The largest absolute Gasteiger partial charge is 0.353 e. The second-order valence-corrected chi connectivity index (χ2v) is 3.63. The summed E-state index contributed by atoms with van der Waals surface area (Å²) >= 11 is 0. The van der Waals surface area contributed by atoms with Crippen LogP contribution in [0.2, 0.25) is 0 Å². The van der Waals surface area contributed by atoms with Crippen molar-refractivity contribution in [3.8, 4) is 0 Å². The monoisotopic (exact) mass is 213 g/mol. The molecule has 82 valence electrons. The Balaban J connectivity index is 2.31. The summed E-state index contributed by atoms with van der Waals surface area (Å²) in [5.41, 5.74) is 5.82. The Labute approximate surface area is 86.9 Å². The summed E-state index contributed by atoms with van der Waals surface area (Å²) in [4.78, 5) is 5.81. The van der Waals surface area contributed by atoms with E-state index in [4.69, 9.17) is 5.73 Å². The van der Waals surface area contributed by atoms with Crippen LogP contribution in [0.25, 0.3) is 0 Å². The van der Waals surface area contributed by atoms with Crippen LogP contribution in [0.1, 0.15) is 12.0 Å². The fourth-order valence-electron chi connectivity index (χ4n) is 1.83. The number of pyridine rings is 1. The number of halogens is 2. The van der Waals surface area contributed by atoms with Crippen LogP contribution in [0, 0.1) is 5.82 Å². The van der Waals surface area contributed by atoms with Gasteiger partial charge >= 0.3 is 0 Å². The first-order valence-electron chi connectivity index (χ1n) is 4.95. The van der Waals surface area contributed by atoms with Crippen LogP contribution in [0.15, 0.2) is 12.3 Å². The van der Waals surface area contributed by atoms with Gasteiger partial charge in [-0.1, -0.05) is 0 Å². The molecule has 1 aromatic rings. The van der Waals surface area contributed by atoms with Gasteiger partial charge in [-0.25, -0.2) is 13.8 Å². The Bertz CT molecular complexity index is 357. The molecule has 1 saturated heterocycles. The average molecular weight is 213 g/mol. The molecule has 5 heteroatoms. The zero-order valence-electron chi connectivity index (χ0n) is 8.29. The van der Waals surface area contributed by atoms with Crippen LogP contribution >= 0.6 is 0 Å². The van der Waals surface area contributed by atoms with Gasteiger partial charge in [0.05, 0.1) is 6.54 Å². The van der Waals surface area contributed by atoms with Crippen LogP contribution in [-0.2, 0) is 6.54 Å². The molecule has 2 rings (SSSR count). The van der Waals surface area contributed by atoms with Crippen molar-refractivity contribution in [1.29, 1.82) is 0 Å². The average Bonchev–Trinajstić information content (AvgIpc) is 2.64. The lowest BCUT2D eigenvalue weighted by molar-refractivity contribution is 0.364. The number of hydrogen-bond donors (Lipinski definition) is 1. The van der Waals surface area contributed by atoms with Crippen LogP contribution < -0.4 is 10.6 Å². The van der Waals surface area contributed by atoms with Gasteiger partial charge in [0.25, 0.3) is 0 Å². The van der Waals surface area contributed by atoms with Gasteiger partial charge in [0.15, 0.2) is 0 Å². The topological polar surface area (TPSA) is 42.1 Å². The normalized spacial score (nSPS) is 21.0. The SMILES string of the molecule is NCc1c(F)ccnc1N1CCC(F)C1. The van der Waals surface area contributed by atoms with Gasteiger partial charge in [-0.2, -0.15) is 0 Å². The number of hydrogen-bond acceptors (Lipinski definition) is 3. The summed E-state index contributed by atoms with van der Waals surface area (Å²) in [6, 6.07) is 1.27. The van der Waals surface area contributed by atoms with Crippen LogP contribution in [0.5, 0.6) is 0 Å². The maximum Gasteiger partial charge on any atom is 0.136 e. The molecule has 1 atom stereocenters. The molecule has 0 saturated carbocycles. The third-order valence-corrected chi connectivity index (χ3v) is 2.61. The third kappa shape index (κ3) is 1.92. The van der Waals surface area contributed by atoms with Crippen LogP contribution in [0.3, 0.4) is 0 Å². The first kappa shape index (κ1) is 10.3. The van der Waals surface area contributed by atoms with Crippen molar-refractivity contribution in [2.45, 2.75) is 19.1 Å². The number of anilines is 1. The highest BCUT2D eigenvalue weighted by atomic mass is 19.1. The van der Waals surface area contributed by atoms with Crippen molar-refractivity contribution in [3.05, 3.63) is 23.6 Å². The second-order valence-electron chi connectivity index (χ2n) is 3.63. The summed E-state index contributed by atoms with van der Waals surface area (Å²) in [5.74, 6) is 0.113. The smallest absolute Gasteiger partial charge is 0.136 e. The lowest BCUT2D eigenvalue weighted by atomic mass is 10.2. The first-order chi connectivity index (χ1) is 7.22. The standard InChI is InChI=1S/C10H13F2N3/c11-7-2-4-15(6-7)10-8(5-13)9(12)1-3-14-10/h1,3,7H,2,4-6,13H2. The van der Waals surface area contributed by atoms with Gasteiger partial charge in [0.1, 0.15) is 17.8 Å². The molecule has 2 heterocycles. The Morgan fingerprint density at radius 3 is 3.00 bits per heavy atom. The van der Waals surface area contributed by atoms with E-state index in [9.17, 15) is 8.78 Å². The Morgan fingerprint density at radius 1 is 1.60 bits per heavy atom. The number of aromatic nitrogens is 1. The van der Waals surface area contributed by atoms with Crippen LogP contribution in [-0.4, -0.2) is 24.2 Å². The van der Waals surface area contributed by atoms with Gasteiger partial charge in [0, 0.05) is 24.8 Å². The van der Waals surface area contributed by atoms with E-state index >= 15 is 0 Å². The van der Waals surface area contributed by atoms with E-state index in [1.807, 2.05) is 0 Å². The lowest BCUT2D eigenvalue weighted by Crippen LogP contribution is -2.23. The zero-order valence-corrected chi connectivity index (χ0v) is 8.29. The molecule has 0 amide bonds. The van der Waals surface area contributed by atoms with Crippen molar-refractivity contribution < 1.29 is 8.78 Å². The first-order valence-corrected chi connectivity index (χ1v) is 4.95. The number of rotatable bonds is 2. The highest BCUT2D eigenvalue weighted by Gasteiger charge is 2.25. The summed E-state index contributed by atoms with van der Waals surface area (Å²) in [6.45, 7) is 0.941. The van der Waals surface area contributed by atoms with Gasteiger partial charge in [-0.15, -0.1) is 0 Å². The molecule has 1 fully saturated rings. The molecule has 0 bridgehead atoms. The molecule has 3 nitrogen and oxygen atoms in total. The van der Waals surface area contributed by atoms with Gasteiger partial charge in [-0.05, 0) is 12.5 Å². The van der Waals surface area contributed by atoms with Crippen molar-refractivity contribution >= 4 is 5.82 Å². The van der Waals surface area contributed by atoms with E-state index in [-0.39, 0.29) is 18.9 Å². The maximum atomic E-state index is 13.4. The Kier molecular flexibility index (Phi) is 2.81. The predicted octanol–water partition coefficient (Wildman–Crippen LogP) is 1.23. The van der Waals surface area contributed by atoms with Crippen LogP contribution in [0.4, 0.5) is 14.6 Å². The second kappa shape index (κ2) is 4.10. The minimum Gasteiger partial charge on any atom is -0.353 e. The molecule has 0 radical (unpaired) electrons. The Morgan fingerprint density at radius 2 is 2.40 bits per heavy atom. The van der Waals surface area contributed by atoms with Crippen molar-refractivity contribution in [1.82, 2.24) is 4.98 Å². The molecule has 1 aliphatic rings. The fourth-order valence-corrected chi connectivity index (χ4v) is 1.83. The molecule has 0 spiro atoms. The Hall–Kier alpha value is -1.23. The minimum atomic E-state index is -0.847. The van der Waals surface area contributed by atoms with E-state index in [0.717, 1.165) is 0 Å². The highest BCUT2D eigenvalue weighted by molar-refractivity contribution is 5.48. The predicted molar refractivity (Wildman–Crippen MR) is 53.8 cm³/mol. The van der Waals surface area contributed by atoms with E-state index in [1.54, 1.807) is 4.90 Å². The molecule has 1 aromatic heterocycles. The van der Waals surface area contributed by atoms with Gasteiger partial charge in [-0.3, -0.25) is 0 Å². The maximum absolute atomic E-state index is 13.4. The molecule has 15 heavy (non-hydrogen) atoms. The van der Waals surface area contributed by atoms with Crippen molar-refractivity contribution in [2.75, 3.05) is 18.0 Å². The number of nitrogens with two attached hydrogens (primary N) is 1. The lowest BCUT2D eigenvalue weighted by Gasteiger charge is -2.19. The molecule has 0 aliphatic carbocycles. The fraction of sp³-hybridized carbons (Fsp3) is 0.500. The van der Waals surface area contributed by atoms with Gasteiger partial charge in [0.2, 0.25) is 0 Å². The zero-order chi connectivity index (χ0) is 10.8. The summed E-state index contributed by atoms with van der Waals surface area (Å²) in [6.07, 6.45) is 1.01. The summed E-state index contributed by atoms with van der Waals surface area (Å²) in [7, 11) is 0. The molecular weight excluding hydrogens is 200 g/mol. The molecule has 1 aliphatic heterocycles. The molecule has 2 N–H and O–H groups in total. The summed E-state index contributed by atoms with van der Waals surface area (Å²) in [5, 5.41) is 0. The van der Waals surface area contributed by atoms with E-state index < -0.39 is 6.17 Å². The van der Waals surface area contributed by atoms with E-state index in [0.29, 0.717) is 24.3 Å². The molecular formula is C10H13F2N3. The van der Waals surface area contributed by atoms with E-state index in [1.165, 1.54) is 12.3 Å². The quantitative estimate of drug-likeness (QED) is 0.803. The summed E-state index contributed by atoms with van der Waals surface area (Å²) < 4.78 is 26.4. The molecule has 0 aromatic carbocycles.